The predicted octanol–water partition coefficient (Wildman–Crippen LogP) is -0.126. The fourth-order valence-electron chi connectivity index (χ4n) is 2.31. The zero-order chi connectivity index (χ0) is 16.1. The molecule has 2 amide bonds. The van der Waals surface area contributed by atoms with E-state index in [-0.39, 0.29) is 19.1 Å². The highest BCUT2D eigenvalue weighted by Gasteiger charge is 2.39. The number of likely N-dealkylation sites (N-methyl/N-ethyl adjacent to an activating group) is 1. The van der Waals surface area contributed by atoms with Crippen LogP contribution in [0.1, 0.15) is 11.6 Å². The predicted molar refractivity (Wildman–Crippen MR) is 76.7 cm³/mol. The second-order valence-electron chi connectivity index (χ2n) is 4.89. The van der Waals surface area contributed by atoms with Gasteiger partial charge in [0, 0.05) is 7.05 Å². The van der Waals surface area contributed by atoms with Crippen molar-refractivity contribution >= 4 is 17.8 Å². The van der Waals surface area contributed by atoms with Gasteiger partial charge in [0.05, 0.1) is 13.2 Å². The molecule has 1 N–H and O–H groups in total. The van der Waals surface area contributed by atoms with Crippen LogP contribution in [0.15, 0.2) is 30.3 Å². The zero-order valence-electron chi connectivity index (χ0n) is 12.4. The Morgan fingerprint density at radius 2 is 2.05 bits per heavy atom. The summed E-state index contributed by atoms with van der Waals surface area (Å²) < 4.78 is 9.88. The maximum Gasteiger partial charge on any atom is 0.325 e. The first kappa shape index (κ1) is 16.0. The number of ether oxygens (including phenoxy) is 2. The molecule has 0 saturated carbocycles. The Morgan fingerprint density at radius 3 is 2.68 bits per heavy atom. The molecule has 1 aromatic carbocycles. The smallest absolute Gasteiger partial charge is 0.325 e. The fraction of sp³-hybridized carbons (Fsp3) is 0.400. The minimum atomic E-state index is -0.880. The molecular formula is C15H18N2O5. The Bertz CT molecular complexity index is 560. The summed E-state index contributed by atoms with van der Waals surface area (Å²) >= 11 is 0. The highest BCUT2D eigenvalue weighted by atomic mass is 16.5. The van der Waals surface area contributed by atoms with Crippen molar-refractivity contribution in [3.8, 4) is 0 Å². The van der Waals surface area contributed by atoms with Crippen molar-refractivity contribution in [1.29, 1.82) is 0 Å². The normalized spacial score (nSPS) is 21.4. The number of methoxy groups -OCH3 is 1. The standard InChI is InChI=1S/C15H18N2O5/c1-17-11(18)9-22-14(15(20)16-8-12(19)21-2)13(17)10-6-4-3-5-7-10/h3-7,13-14H,8-9H2,1-2H3,(H,16,20)/t13-,14-/m1/s1. The van der Waals surface area contributed by atoms with Gasteiger partial charge in [-0.3, -0.25) is 14.4 Å². The van der Waals surface area contributed by atoms with Crippen molar-refractivity contribution in [2.45, 2.75) is 12.1 Å². The van der Waals surface area contributed by atoms with Crippen LogP contribution >= 0.6 is 0 Å². The Kier molecular flexibility index (Phi) is 5.11. The number of rotatable bonds is 4. The molecule has 2 rings (SSSR count). The first-order valence-electron chi connectivity index (χ1n) is 6.81. The number of carbonyl (C=O) groups excluding carboxylic acids is 3. The number of carbonyl (C=O) groups is 3. The summed E-state index contributed by atoms with van der Waals surface area (Å²) in [4.78, 5) is 36.7. The molecule has 0 bridgehead atoms. The topological polar surface area (TPSA) is 84.9 Å². The quantitative estimate of drug-likeness (QED) is 0.784. The summed E-state index contributed by atoms with van der Waals surface area (Å²) in [6.45, 7) is -0.412. The van der Waals surface area contributed by atoms with E-state index in [0.29, 0.717) is 0 Å². The third kappa shape index (κ3) is 3.43. The van der Waals surface area contributed by atoms with Crippen LogP contribution < -0.4 is 5.32 Å². The molecule has 0 spiro atoms. The van der Waals surface area contributed by atoms with Gasteiger partial charge in [0.25, 0.3) is 5.91 Å². The lowest BCUT2D eigenvalue weighted by molar-refractivity contribution is -0.163. The number of hydrogen-bond donors (Lipinski definition) is 1. The molecule has 1 saturated heterocycles. The second kappa shape index (κ2) is 7.04. The third-order valence-corrected chi connectivity index (χ3v) is 3.52. The first-order valence-corrected chi connectivity index (χ1v) is 6.81. The van der Waals surface area contributed by atoms with E-state index in [1.165, 1.54) is 12.0 Å². The summed E-state index contributed by atoms with van der Waals surface area (Å²) in [5, 5.41) is 2.46. The van der Waals surface area contributed by atoms with Crippen molar-refractivity contribution in [2.24, 2.45) is 0 Å². The summed E-state index contributed by atoms with van der Waals surface area (Å²) in [5.41, 5.74) is 0.788. The number of hydrogen-bond acceptors (Lipinski definition) is 5. The van der Waals surface area contributed by atoms with Gasteiger partial charge in [-0.15, -0.1) is 0 Å². The molecule has 0 aromatic heterocycles. The van der Waals surface area contributed by atoms with E-state index in [2.05, 4.69) is 10.1 Å². The van der Waals surface area contributed by atoms with Gasteiger partial charge in [-0.1, -0.05) is 30.3 Å². The first-order chi connectivity index (χ1) is 10.5. The Labute approximate surface area is 128 Å². The van der Waals surface area contributed by atoms with E-state index in [4.69, 9.17) is 4.74 Å². The molecule has 1 aromatic rings. The van der Waals surface area contributed by atoms with Crippen molar-refractivity contribution in [3.63, 3.8) is 0 Å². The summed E-state index contributed by atoms with van der Waals surface area (Å²) in [5.74, 6) is -1.21. The number of nitrogens with one attached hydrogen (secondary N) is 1. The molecule has 1 aliphatic heterocycles. The summed E-state index contributed by atoms with van der Waals surface area (Å²) in [7, 11) is 2.87. The number of esters is 1. The van der Waals surface area contributed by atoms with Gasteiger partial charge in [0.1, 0.15) is 13.2 Å². The molecular weight excluding hydrogens is 288 g/mol. The Hall–Kier alpha value is -2.41. The Morgan fingerprint density at radius 1 is 1.36 bits per heavy atom. The fourth-order valence-corrected chi connectivity index (χ4v) is 2.31. The second-order valence-corrected chi connectivity index (χ2v) is 4.89. The Balaban J connectivity index is 2.18. The van der Waals surface area contributed by atoms with Crippen LogP contribution in [0.4, 0.5) is 0 Å². The van der Waals surface area contributed by atoms with E-state index in [1.807, 2.05) is 30.3 Å². The zero-order valence-corrected chi connectivity index (χ0v) is 12.4. The van der Waals surface area contributed by atoms with E-state index >= 15 is 0 Å². The molecule has 7 nitrogen and oxygen atoms in total. The monoisotopic (exact) mass is 306 g/mol. The largest absolute Gasteiger partial charge is 0.468 e. The van der Waals surface area contributed by atoms with Gasteiger partial charge in [-0.2, -0.15) is 0 Å². The maximum absolute atomic E-state index is 12.3. The maximum atomic E-state index is 12.3. The lowest BCUT2D eigenvalue weighted by atomic mass is 9.97. The van der Waals surface area contributed by atoms with Crippen molar-refractivity contribution in [2.75, 3.05) is 27.3 Å². The van der Waals surface area contributed by atoms with Crippen LogP contribution in [0.25, 0.3) is 0 Å². The molecule has 2 atom stereocenters. The van der Waals surface area contributed by atoms with Gasteiger partial charge < -0.3 is 19.7 Å². The van der Waals surface area contributed by atoms with Crippen molar-refractivity contribution in [1.82, 2.24) is 10.2 Å². The van der Waals surface area contributed by atoms with Crippen LogP contribution in [0, 0.1) is 0 Å². The summed E-state index contributed by atoms with van der Waals surface area (Å²) in [6.07, 6.45) is -0.880. The molecule has 22 heavy (non-hydrogen) atoms. The lowest BCUT2D eigenvalue weighted by Crippen LogP contribution is -2.53. The van der Waals surface area contributed by atoms with Gasteiger partial charge in [-0.05, 0) is 5.56 Å². The molecule has 7 heteroatoms. The van der Waals surface area contributed by atoms with Crippen molar-refractivity contribution in [3.05, 3.63) is 35.9 Å². The molecule has 1 fully saturated rings. The van der Waals surface area contributed by atoms with Crippen LogP contribution in [-0.4, -0.2) is 56.1 Å². The van der Waals surface area contributed by atoms with Gasteiger partial charge in [0.2, 0.25) is 5.91 Å². The van der Waals surface area contributed by atoms with Crippen molar-refractivity contribution < 1.29 is 23.9 Å². The van der Waals surface area contributed by atoms with E-state index < -0.39 is 24.0 Å². The number of amides is 2. The van der Waals surface area contributed by atoms with E-state index in [0.717, 1.165) is 5.56 Å². The molecule has 0 aliphatic carbocycles. The number of nitrogens with zero attached hydrogens (tertiary/aromatic N) is 1. The number of benzene rings is 1. The summed E-state index contributed by atoms with van der Waals surface area (Å²) in [6, 6.07) is 8.60. The van der Waals surface area contributed by atoms with Gasteiger partial charge in [0.15, 0.2) is 6.10 Å². The average Bonchev–Trinajstić information content (AvgIpc) is 2.55. The minimum Gasteiger partial charge on any atom is -0.468 e. The van der Waals surface area contributed by atoms with Crippen LogP contribution in [-0.2, 0) is 23.9 Å². The van der Waals surface area contributed by atoms with Gasteiger partial charge in [-0.25, -0.2) is 0 Å². The molecule has 1 heterocycles. The lowest BCUT2D eigenvalue weighted by Gasteiger charge is -2.38. The highest BCUT2D eigenvalue weighted by molar-refractivity contribution is 5.88. The number of morpholine rings is 1. The van der Waals surface area contributed by atoms with Crippen LogP contribution in [0.2, 0.25) is 0 Å². The van der Waals surface area contributed by atoms with E-state index in [1.54, 1.807) is 7.05 Å². The van der Waals surface area contributed by atoms with Crippen LogP contribution in [0.3, 0.4) is 0 Å². The molecule has 1 aliphatic rings. The molecule has 118 valence electrons. The van der Waals surface area contributed by atoms with E-state index in [9.17, 15) is 14.4 Å². The third-order valence-electron chi connectivity index (χ3n) is 3.52. The minimum absolute atomic E-state index is 0.170. The van der Waals surface area contributed by atoms with Crippen LogP contribution in [0.5, 0.6) is 0 Å². The highest BCUT2D eigenvalue weighted by Crippen LogP contribution is 2.28. The molecule has 0 unspecified atom stereocenters. The SMILES string of the molecule is COC(=O)CNC(=O)[C@@H]1OCC(=O)N(C)[C@@H]1c1ccccc1. The molecule has 0 radical (unpaired) electrons. The van der Waals surface area contributed by atoms with Gasteiger partial charge >= 0.3 is 5.97 Å². The average molecular weight is 306 g/mol.